The van der Waals surface area contributed by atoms with Gasteiger partial charge in [0.25, 0.3) is 0 Å². The molecule has 7 heteroatoms. The first-order chi connectivity index (χ1) is 6.08. The molecule has 0 unspecified atom stereocenters. The Morgan fingerprint density at radius 3 is 2.07 bits per heavy atom. The molecule has 2 nitrogen and oxygen atoms in total. The van der Waals surface area contributed by atoms with Gasteiger partial charge in [0.15, 0.2) is 6.61 Å². The molecule has 0 aliphatic heterocycles. The van der Waals surface area contributed by atoms with E-state index in [0.717, 1.165) is 0 Å². The number of rotatable bonds is 4. The minimum Gasteiger partial charge on any atom is -0.454 e. The van der Waals surface area contributed by atoms with Crippen LogP contribution in [0.15, 0.2) is 12.4 Å². The van der Waals surface area contributed by atoms with Gasteiger partial charge in [-0.15, -0.1) is 0 Å². The zero-order valence-corrected chi connectivity index (χ0v) is 7.12. The molecular formula is C7H7F5O2. The zero-order chi connectivity index (χ0) is 11.6. The lowest BCUT2D eigenvalue weighted by Gasteiger charge is -2.22. The molecule has 0 amide bonds. The van der Waals surface area contributed by atoms with Crippen LogP contribution < -0.4 is 0 Å². The second-order valence-electron chi connectivity index (χ2n) is 2.57. The normalized spacial score (nSPS) is 12.4. The maximum Gasteiger partial charge on any atom is 0.366 e. The van der Waals surface area contributed by atoms with Crippen molar-refractivity contribution in [2.24, 2.45) is 0 Å². The Bertz CT molecular complexity index is 243. The molecule has 0 spiro atoms. The summed E-state index contributed by atoms with van der Waals surface area (Å²) in [7, 11) is 0. The number of ether oxygens (including phenoxy) is 1. The molecule has 0 saturated heterocycles. The summed E-state index contributed by atoms with van der Waals surface area (Å²) in [6.07, 6.45) is 0. The van der Waals surface area contributed by atoms with E-state index in [0.29, 0.717) is 0 Å². The van der Waals surface area contributed by atoms with E-state index in [9.17, 15) is 26.7 Å². The second kappa shape index (κ2) is 3.93. The quantitative estimate of drug-likeness (QED) is 0.411. The number of carbonyl (C=O) groups excluding carboxylic acids is 1. The van der Waals surface area contributed by atoms with Crippen molar-refractivity contribution < 1.29 is 31.5 Å². The third kappa shape index (κ3) is 3.31. The Balaban J connectivity index is 4.27. The summed E-state index contributed by atoms with van der Waals surface area (Å²) >= 11 is 0. The molecule has 0 radical (unpaired) electrons. The van der Waals surface area contributed by atoms with Crippen molar-refractivity contribution in [1.29, 1.82) is 0 Å². The molecule has 0 heterocycles. The molecule has 0 N–H and O–H groups in total. The smallest absolute Gasteiger partial charge is 0.366 e. The maximum absolute atomic E-state index is 12.4. The third-order valence-corrected chi connectivity index (χ3v) is 1.25. The molecule has 0 aromatic heterocycles. The van der Waals surface area contributed by atoms with Crippen molar-refractivity contribution in [2.45, 2.75) is 18.8 Å². The Morgan fingerprint density at radius 1 is 1.36 bits per heavy atom. The van der Waals surface area contributed by atoms with Gasteiger partial charge in [-0.25, -0.2) is 13.6 Å². The van der Waals surface area contributed by atoms with E-state index in [4.69, 9.17) is 0 Å². The van der Waals surface area contributed by atoms with Gasteiger partial charge in [-0.05, 0) is 0 Å². The monoisotopic (exact) mass is 218 g/mol. The van der Waals surface area contributed by atoms with Gasteiger partial charge in [0.05, 0.1) is 0 Å². The van der Waals surface area contributed by atoms with Crippen molar-refractivity contribution in [3.63, 3.8) is 0 Å². The second-order valence-corrected chi connectivity index (χ2v) is 2.57. The first kappa shape index (κ1) is 12.9. The number of hydrogen-bond acceptors (Lipinski definition) is 2. The van der Waals surface area contributed by atoms with Gasteiger partial charge in [-0.3, -0.25) is 0 Å². The van der Waals surface area contributed by atoms with Crippen LogP contribution in [0.4, 0.5) is 22.0 Å². The van der Waals surface area contributed by atoms with Crippen LogP contribution in [-0.2, 0) is 9.53 Å². The Kier molecular flexibility index (Phi) is 3.61. The predicted octanol–water partition coefficient (Wildman–Crippen LogP) is 2.30. The van der Waals surface area contributed by atoms with Gasteiger partial charge in [-0.2, -0.15) is 13.2 Å². The van der Waals surface area contributed by atoms with Gasteiger partial charge in [0, 0.05) is 6.92 Å². The van der Waals surface area contributed by atoms with Crippen LogP contribution >= 0.6 is 0 Å². The maximum atomic E-state index is 12.4. The number of carbonyl (C=O) groups is 1. The highest BCUT2D eigenvalue weighted by atomic mass is 19.3. The SMILES string of the molecule is C=C(F)C(=O)OCC(F)(F)C(C)(F)F. The molecule has 0 fully saturated rings. The lowest BCUT2D eigenvalue weighted by molar-refractivity contribution is -0.221. The van der Waals surface area contributed by atoms with Crippen LogP contribution in [0.25, 0.3) is 0 Å². The van der Waals surface area contributed by atoms with Crippen LogP contribution in [0.5, 0.6) is 0 Å². The molecule has 0 aromatic carbocycles. The lowest BCUT2D eigenvalue weighted by atomic mass is 10.2. The van der Waals surface area contributed by atoms with Gasteiger partial charge in [0.1, 0.15) is 0 Å². The van der Waals surface area contributed by atoms with Gasteiger partial charge in [-0.1, -0.05) is 6.58 Å². The minimum atomic E-state index is -4.53. The van der Waals surface area contributed by atoms with Crippen LogP contribution in [0.1, 0.15) is 6.92 Å². The fourth-order valence-electron chi connectivity index (χ4n) is 0.361. The van der Waals surface area contributed by atoms with Crippen molar-refractivity contribution in [3.05, 3.63) is 12.4 Å². The summed E-state index contributed by atoms with van der Waals surface area (Å²) in [6.45, 7) is 0.517. The lowest BCUT2D eigenvalue weighted by Crippen LogP contribution is -2.42. The summed E-state index contributed by atoms with van der Waals surface area (Å²) in [5.41, 5.74) is 0. The highest BCUT2D eigenvalue weighted by Gasteiger charge is 2.53. The molecule has 0 bridgehead atoms. The average molecular weight is 218 g/mol. The van der Waals surface area contributed by atoms with E-state index >= 15 is 0 Å². The summed E-state index contributed by atoms with van der Waals surface area (Å²) in [4.78, 5) is 10.2. The standard InChI is InChI=1S/C7H7F5O2/c1-4(8)5(13)14-3-7(11,12)6(2,9)10/h1,3H2,2H3. The van der Waals surface area contributed by atoms with E-state index in [2.05, 4.69) is 11.3 Å². The van der Waals surface area contributed by atoms with Crippen LogP contribution in [0, 0.1) is 0 Å². The van der Waals surface area contributed by atoms with Crippen molar-refractivity contribution in [3.8, 4) is 0 Å². The number of hydrogen-bond donors (Lipinski definition) is 0. The topological polar surface area (TPSA) is 26.3 Å². The first-order valence-electron chi connectivity index (χ1n) is 3.35. The zero-order valence-electron chi connectivity index (χ0n) is 7.12. The average Bonchev–Trinajstić information content (AvgIpc) is 1.97. The van der Waals surface area contributed by atoms with Crippen LogP contribution in [0.3, 0.4) is 0 Å². The third-order valence-electron chi connectivity index (χ3n) is 1.25. The van der Waals surface area contributed by atoms with Gasteiger partial charge in [0.2, 0.25) is 5.83 Å². The summed E-state index contributed by atoms with van der Waals surface area (Å²) < 4.78 is 64.4. The predicted molar refractivity (Wildman–Crippen MR) is 36.8 cm³/mol. The minimum absolute atomic E-state index is 0.0366. The fraction of sp³-hybridized carbons (Fsp3) is 0.571. The summed E-state index contributed by atoms with van der Waals surface area (Å²) in [5, 5.41) is 0. The van der Waals surface area contributed by atoms with Crippen molar-refractivity contribution in [2.75, 3.05) is 6.61 Å². The van der Waals surface area contributed by atoms with Crippen molar-refractivity contribution in [1.82, 2.24) is 0 Å². The highest BCUT2D eigenvalue weighted by molar-refractivity contribution is 5.85. The molecule has 0 aliphatic carbocycles. The van der Waals surface area contributed by atoms with Crippen LogP contribution in [0.2, 0.25) is 0 Å². The number of alkyl halides is 4. The van der Waals surface area contributed by atoms with E-state index in [1.54, 1.807) is 0 Å². The molecule has 0 rings (SSSR count). The van der Waals surface area contributed by atoms with Gasteiger partial charge >= 0.3 is 17.8 Å². The first-order valence-corrected chi connectivity index (χ1v) is 3.35. The number of halogens is 5. The molecule has 0 aliphatic rings. The molecule has 0 aromatic rings. The molecule has 0 saturated carbocycles. The summed E-state index contributed by atoms with van der Waals surface area (Å²) in [6, 6.07) is 0. The Hall–Kier alpha value is -1.14. The highest BCUT2D eigenvalue weighted by Crippen LogP contribution is 2.33. The molecule has 82 valence electrons. The Morgan fingerprint density at radius 2 is 1.79 bits per heavy atom. The molecule has 0 atom stereocenters. The van der Waals surface area contributed by atoms with E-state index in [1.807, 2.05) is 0 Å². The van der Waals surface area contributed by atoms with E-state index in [1.165, 1.54) is 0 Å². The largest absolute Gasteiger partial charge is 0.454 e. The Labute approximate surface area is 76.3 Å². The van der Waals surface area contributed by atoms with E-state index in [-0.39, 0.29) is 6.92 Å². The molecular weight excluding hydrogens is 211 g/mol. The van der Waals surface area contributed by atoms with Crippen LogP contribution in [-0.4, -0.2) is 24.4 Å². The molecule has 14 heavy (non-hydrogen) atoms. The summed E-state index contributed by atoms with van der Waals surface area (Å²) in [5.74, 6) is -12.3. The number of esters is 1. The fourth-order valence-corrected chi connectivity index (χ4v) is 0.361. The van der Waals surface area contributed by atoms with Crippen molar-refractivity contribution >= 4 is 5.97 Å². The van der Waals surface area contributed by atoms with Gasteiger partial charge < -0.3 is 4.74 Å². The van der Waals surface area contributed by atoms with E-state index < -0.39 is 30.2 Å².